The molecule has 0 aromatic heterocycles. The zero-order valence-electron chi connectivity index (χ0n) is 14.9. The third kappa shape index (κ3) is 4.10. The van der Waals surface area contributed by atoms with E-state index in [2.05, 4.69) is 40.3 Å². The first-order valence-electron chi connectivity index (χ1n) is 8.79. The van der Waals surface area contributed by atoms with Gasteiger partial charge in [0.05, 0.1) is 17.6 Å². The molecule has 1 fully saturated rings. The van der Waals surface area contributed by atoms with Gasteiger partial charge in [-0.1, -0.05) is 44.6 Å². The van der Waals surface area contributed by atoms with Crippen molar-refractivity contribution in [3.63, 3.8) is 0 Å². The maximum atomic E-state index is 12.7. The van der Waals surface area contributed by atoms with Crippen LogP contribution in [0.5, 0.6) is 0 Å². The summed E-state index contributed by atoms with van der Waals surface area (Å²) < 4.78 is 5.97. The molecule has 0 radical (unpaired) electrons. The average molecular weight is 304 g/mol. The fraction of sp³-hybridized carbons (Fsp3) is 0.750. The summed E-state index contributed by atoms with van der Waals surface area (Å²) in [6, 6.07) is 0. The van der Waals surface area contributed by atoms with Gasteiger partial charge in [-0.25, -0.2) is 0 Å². The summed E-state index contributed by atoms with van der Waals surface area (Å²) >= 11 is 0. The molecular weight excluding hydrogens is 272 g/mol. The predicted molar refractivity (Wildman–Crippen MR) is 91.8 cm³/mol. The second-order valence-corrected chi connectivity index (χ2v) is 7.99. The molecule has 22 heavy (non-hydrogen) atoms. The molecule has 2 heteroatoms. The number of rotatable bonds is 2. The van der Waals surface area contributed by atoms with Crippen LogP contribution < -0.4 is 0 Å². The molecule has 2 nitrogen and oxygen atoms in total. The zero-order chi connectivity index (χ0) is 16.5. The van der Waals surface area contributed by atoms with Crippen molar-refractivity contribution in [1.29, 1.82) is 0 Å². The van der Waals surface area contributed by atoms with Crippen molar-refractivity contribution in [2.24, 2.45) is 17.8 Å². The summed E-state index contributed by atoms with van der Waals surface area (Å²) in [6.45, 7) is 14.9. The summed E-state index contributed by atoms with van der Waals surface area (Å²) in [5, 5.41) is 0. The molecule has 2 aliphatic rings. The number of epoxide rings is 1. The topological polar surface area (TPSA) is 29.6 Å². The fourth-order valence-corrected chi connectivity index (χ4v) is 3.56. The van der Waals surface area contributed by atoms with E-state index >= 15 is 0 Å². The highest BCUT2D eigenvalue weighted by Gasteiger charge is 2.51. The maximum absolute atomic E-state index is 12.7. The molecular formula is C20H32O2. The van der Waals surface area contributed by atoms with E-state index < -0.39 is 0 Å². The van der Waals surface area contributed by atoms with Gasteiger partial charge in [-0.15, -0.1) is 0 Å². The predicted octanol–water partition coefficient (Wildman–Crippen LogP) is 5.09. The highest BCUT2D eigenvalue weighted by atomic mass is 16.6. The molecule has 4 atom stereocenters. The Hall–Kier alpha value is -0.890. The molecule has 0 bridgehead atoms. The first-order chi connectivity index (χ1) is 10.2. The molecule has 2 rings (SSSR count). The highest BCUT2D eigenvalue weighted by Crippen LogP contribution is 2.45. The Morgan fingerprint density at radius 2 is 2.09 bits per heavy atom. The van der Waals surface area contributed by atoms with Crippen LogP contribution in [0.15, 0.2) is 23.8 Å². The third-order valence-electron chi connectivity index (χ3n) is 5.42. The van der Waals surface area contributed by atoms with Crippen molar-refractivity contribution in [3.05, 3.63) is 23.8 Å². The molecule has 124 valence electrons. The largest absolute Gasteiger partial charge is 0.366 e. The Kier molecular flexibility index (Phi) is 5.32. The Morgan fingerprint density at radius 3 is 2.68 bits per heavy atom. The van der Waals surface area contributed by atoms with Crippen molar-refractivity contribution in [1.82, 2.24) is 0 Å². The summed E-state index contributed by atoms with van der Waals surface area (Å²) in [4.78, 5) is 12.7. The molecule has 1 heterocycles. The third-order valence-corrected chi connectivity index (χ3v) is 5.42. The summed E-state index contributed by atoms with van der Waals surface area (Å²) in [7, 11) is 0. The number of allylic oxidation sites excluding steroid dienone is 3. The van der Waals surface area contributed by atoms with Crippen molar-refractivity contribution < 1.29 is 9.53 Å². The number of carbonyl (C=O) groups is 1. The van der Waals surface area contributed by atoms with E-state index in [1.165, 1.54) is 5.57 Å². The molecule has 0 unspecified atom stereocenters. The minimum absolute atomic E-state index is 0.0651. The lowest BCUT2D eigenvalue weighted by Crippen LogP contribution is -2.20. The van der Waals surface area contributed by atoms with Crippen LogP contribution in [0.1, 0.15) is 66.7 Å². The minimum Gasteiger partial charge on any atom is -0.366 e. The summed E-state index contributed by atoms with van der Waals surface area (Å²) in [5.74, 6) is 1.12. The van der Waals surface area contributed by atoms with Crippen molar-refractivity contribution in [3.8, 4) is 0 Å². The quantitative estimate of drug-likeness (QED) is 0.525. The van der Waals surface area contributed by atoms with Gasteiger partial charge < -0.3 is 4.74 Å². The Morgan fingerprint density at radius 1 is 1.41 bits per heavy atom. The SMILES string of the molecule is C=C(C)[C@@H]1/C=C(/C(C)C)CC[C@]2(C)O[C@@H]2CC[C@H](C)CC1=O. The normalized spacial score (nSPS) is 39.3. The van der Waals surface area contributed by atoms with Crippen molar-refractivity contribution in [2.45, 2.75) is 78.4 Å². The van der Waals surface area contributed by atoms with Gasteiger partial charge in [0.1, 0.15) is 5.78 Å². The molecule has 0 aromatic carbocycles. The van der Waals surface area contributed by atoms with E-state index in [0.717, 1.165) is 31.3 Å². The Labute approximate surface area is 136 Å². The molecule has 0 spiro atoms. The molecule has 0 aromatic rings. The number of hydrogen-bond donors (Lipinski definition) is 0. The zero-order valence-corrected chi connectivity index (χ0v) is 14.9. The van der Waals surface area contributed by atoms with Crippen LogP contribution in [0.2, 0.25) is 0 Å². The molecule has 0 N–H and O–H groups in total. The summed E-state index contributed by atoms with van der Waals surface area (Å²) in [6.07, 6.45) is 7.51. The lowest BCUT2D eigenvalue weighted by molar-refractivity contribution is -0.121. The Balaban J connectivity index is 2.26. The monoisotopic (exact) mass is 304 g/mol. The van der Waals surface area contributed by atoms with E-state index in [1.807, 2.05) is 6.92 Å². The van der Waals surface area contributed by atoms with E-state index in [0.29, 0.717) is 30.1 Å². The van der Waals surface area contributed by atoms with Crippen LogP contribution in [0.4, 0.5) is 0 Å². The fourth-order valence-electron chi connectivity index (χ4n) is 3.56. The summed E-state index contributed by atoms with van der Waals surface area (Å²) in [5.41, 5.74) is 2.42. The van der Waals surface area contributed by atoms with Gasteiger partial charge >= 0.3 is 0 Å². The molecule has 1 saturated heterocycles. The van der Waals surface area contributed by atoms with Crippen LogP contribution in [0.3, 0.4) is 0 Å². The van der Waals surface area contributed by atoms with Crippen LogP contribution >= 0.6 is 0 Å². The van der Waals surface area contributed by atoms with Gasteiger partial charge in [-0.3, -0.25) is 4.79 Å². The van der Waals surface area contributed by atoms with E-state index in [1.54, 1.807) is 0 Å². The van der Waals surface area contributed by atoms with Gasteiger partial charge in [0.25, 0.3) is 0 Å². The number of hydrogen-bond acceptors (Lipinski definition) is 2. The van der Waals surface area contributed by atoms with Gasteiger partial charge in [-0.05, 0) is 51.4 Å². The lowest BCUT2D eigenvalue weighted by atomic mass is 9.82. The molecule has 1 aliphatic heterocycles. The maximum Gasteiger partial charge on any atom is 0.144 e. The first kappa shape index (κ1) is 17.5. The van der Waals surface area contributed by atoms with E-state index in [9.17, 15) is 4.79 Å². The molecule has 1 aliphatic carbocycles. The van der Waals surface area contributed by atoms with Crippen LogP contribution in [0, 0.1) is 17.8 Å². The molecule has 0 saturated carbocycles. The van der Waals surface area contributed by atoms with E-state index in [4.69, 9.17) is 4.74 Å². The second-order valence-electron chi connectivity index (χ2n) is 7.99. The highest BCUT2D eigenvalue weighted by molar-refractivity contribution is 5.85. The van der Waals surface area contributed by atoms with E-state index in [-0.39, 0.29) is 11.5 Å². The number of ketones is 1. The van der Waals surface area contributed by atoms with Crippen molar-refractivity contribution in [2.75, 3.05) is 0 Å². The van der Waals surface area contributed by atoms with Crippen molar-refractivity contribution >= 4 is 5.78 Å². The number of ether oxygens (including phenoxy) is 1. The number of Topliss-reactive ketones (excluding diaryl/α,β-unsaturated/α-hetero) is 1. The smallest absolute Gasteiger partial charge is 0.144 e. The van der Waals surface area contributed by atoms with Crippen LogP contribution in [-0.2, 0) is 9.53 Å². The standard InChI is InChI=1S/C20H32O2/c1-13(2)16-9-10-20(6)19(22-20)8-7-15(5)11-18(21)17(12-16)14(3)4/h12-13,15,17,19H,3,7-11H2,1-2,4-6H3/b16-12+/t15-,17-,19+,20-/m0/s1. The second kappa shape index (κ2) is 6.70. The minimum atomic E-state index is -0.108. The van der Waals surface area contributed by atoms with Crippen LogP contribution in [-0.4, -0.2) is 17.5 Å². The number of carbonyl (C=O) groups excluding carboxylic acids is 1. The lowest BCUT2D eigenvalue weighted by Gasteiger charge is -2.21. The van der Waals surface area contributed by atoms with Crippen LogP contribution in [0.25, 0.3) is 0 Å². The Bertz CT molecular complexity index is 474. The first-order valence-corrected chi connectivity index (χ1v) is 8.79. The average Bonchev–Trinajstić information content (AvgIpc) is 3.05. The number of fused-ring (bicyclic) bond motifs is 1. The molecule has 0 amide bonds. The van der Waals surface area contributed by atoms with Gasteiger partial charge in [0.15, 0.2) is 0 Å². The van der Waals surface area contributed by atoms with Gasteiger partial charge in [0, 0.05) is 6.42 Å². The van der Waals surface area contributed by atoms with Gasteiger partial charge in [0.2, 0.25) is 0 Å². The van der Waals surface area contributed by atoms with Gasteiger partial charge in [-0.2, -0.15) is 0 Å².